The summed E-state index contributed by atoms with van der Waals surface area (Å²) < 4.78 is 6.02. The second-order valence-electron chi connectivity index (χ2n) is 8.34. The summed E-state index contributed by atoms with van der Waals surface area (Å²) in [5.74, 6) is 0.985. The van der Waals surface area contributed by atoms with Crippen molar-refractivity contribution in [3.05, 3.63) is 70.3 Å². The molecule has 8 heteroatoms. The van der Waals surface area contributed by atoms with E-state index in [4.69, 9.17) is 9.72 Å². The topological polar surface area (TPSA) is 94.6 Å². The molecule has 1 aliphatic heterocycles. The first kappa shape index (κ1) is 22.5. The molecule has 0 saturated carbocycles. The van der Waals surface area contributed by atoms with E-state index in [0.717, 1.165) is 35.3 Å². The van der Waals surface area contributed by atoms with Gasteiger partial charge in [0.05, 0.1) is 11.0 Å². The van der Waals surface area contributed by atoms with Gasteiger partial charge in [-0.2, -0.15) is 5.10 Å². The van der Waals surface area contributed by atoms with Crippen molar-refractivity contribution in [1.82, 2.24) is 25.6 Å². The summed E-state index contributed by atoms with van der Waals surface area (Å²) in [6, 6.07) is 4.25. The summed E-state index contributed by atoms with van der Waals surface area (Å²) in [5, 5.41) is 7.87. The molecule has 0 saturated heterocycles. The Hall–Kier alpha value is -3.65. The van der Waals surface area contributed by atoms with E-state index in [1.807, 2.05) is 18.2 Å². The number of aromatic nitrogens is 2. The third-order valence-corrected chi connectivity index (χ3v) is 5.60. The maximum absolute atomic E-state index is 12.3. The molecule has 2 heterocycles. The molecule has 1 aromatic carbocycles. The number of carbonyl (C=O) groups is 1. The van der Waals surface area contributed by atoms with Crippen LogP contribution < -0.4 is 10.7 Å². The van der Waals surface area contributed by atoms with E-state index in [0.29, 0.717) is 23.7 Å². The van der Waals surface area contributed by atoms with Crippen LogP contribution in [-0.2, 0) is 22.6 Å². The lowest BCUT2D eigenvalue weighted by atomic mass is 10.0. The highest BCUT2D eigenvalue weighted by Crippen LogP contribution is 2.24. The van der Waals surface area contributed by atoms with Crippen LogP contribution in [0.5, 0.6) is 0 Å². The second-order valence-corrected chi connectivity index (χ2v) is 8.34. The molecule has 172 valence electrons. The van der Waals surface area contributed by atoms with Gasteiger partial charge < -0.3 is 25.4 Å². The van der Waals surface area contributed by atoms with Crippen LogP contribution in [0.1, 0.15) is 30.3 Å². The molecular formula is C25H30N6O2. The first-order valence-electron chi connectivity index (χ1n) is 11.0. The lowest BCUT2D eigenvalue weighted by Gasteiger charge is -2.16. The standard InChI is InChI=1S/C25H30N6O2/c1-16-6-5-7-17(9-8-16)25(30-26-2)22(33-15-24(32)31(3)4)12-23-28-20-10-18-13-27-14-19(18)11-21(20)29-23/h5-6,8-12,26-27H,7,13-15H2,1-4H3,(H,28,29)/b22-12-,30-25-. The van der Waals surface area contributed by atoms with E-state index in [-0.39, 0.29) is 12.5 Å². The average Bonchev–Trinajstić information content (AvgIpc) is 3.34. The number of carbonyl (C=O) groups excluding carboxylic acids is 1. The molecule has 0 unspecified atom stereocenters. The normalized spacial score (nSPS) is 16.2. The first-order chi connectivity index (χ1) is 15.9. The van der Waals surface area contributed by atoms with Crippen LogP contribution in [0.15, 0.2) is 58.4 Å². The number of aromatic amines is 1. The molecule has 1 amide bonds. The summed E-state index contributed by atoms with van der Waals surface area (Å²) in [6.45, 7) is 3.68. The number of amides is 1. The number of rotatable bonds is 7. The highest BCUT2D eigenvalue weighted by molar-refractivity contribution is 6.13. The lowest BCUT2D eigenvalue weighted by Crippen LogP contribution is -2.27. The number of allylic oxidation sites excluding steroid dienone is 6. The highest BCUT2D eigenvalue weighted by atomic mass is 16.5. The summed E-state index contributed by atoms with van der Waals surface area (Å²) in [4.78, 5) is 21.9. The Labute approximate surface area is 193 Å². The van der Waals surface area contributed by atoms with Crippen LogP contribution in [-0.4, -0.2) is 54.2 Å². The minimum absolute atomic E-state index is 0.0975. The molecule has 0 radical (unpaired) electrons. The van der Waals surface area contributed by atoms with Crippen molar-refractivity contribution in [2.24, 2.45) is 5.10 Å². The van der Waals surface area contributed by atoms with Crippen LogP contribution >= 0.6 is 0 Å². The molecule has 0 atom stereocenters. The van der Waals surface area contributed by atoms with Crippen molar-refractivity contribution in [2.45, 2.75) is 26.4 Å². The number of nitrogens with one attached hydrogen (secondary N) is 3. The SMILES string of the molecule is CN/N=C(C1=CC=C(C)C=CC1)\C(=C\c1nc2cc3c(cc2[nH]1)CNC3)OCC(=O)N(C)C. The molecule has 0 bridgehead atoms. The zero-order chi connectivity index (χ0) is 23.4. The van der Waals surface area contributed by atoms with Crippen molar-refractivity contribution in [2.75, 3.05) is 27.7 Å². The fourth-order valence-corrected chi connectivity index (χ4v) is 3.77. The van der Waals surface area contributed by atoms with Gasteiger partial charge in [0, 0.05) is 40.3 Å². The van der Waals surface area contributed by atoms with Gasteiger partial charge in [-0.3, -0.25) is 4.79 Å². The van der Waals surface area contributed by atoms with Gasteiger partial charge in [0.15, 0.2) is 12.4 Å². The molecule has 0 spiro atoms. The maximum Gasteiger partial charge on any atom is 0.259 e. The number of H-pyrrole nitrogens is 1. The molecule has 1 aliphatic carbocycles. The summed E-state index contributed by atoms with van der Waals surface area (Å²) in [6.07, 6.45) is 10.8. The van der Waals surface area contributed by atoms with Crippen molar-refractivity contribution in [1.29, 1.82) is 0 Å². The minimum Gasteiger partial charge on any atom is -0.481 e. The quantitative estimate of drug-likeness (QED) is 0.345. The Morgan fingerprint density at radius 2 is 2.06 bits per heavy atom. The summed E-state index contributed by atoms with van der Waals surface area (Å²) >= 11 is 0. The Morgan fingerprint density at radius 3 is 2.82 bits per heavy atom. The smallest absolute Gasteiger partial charge is 0.259 e. The van der Waals surface area contributed by atoms with Crippen molar-refractivity contribution < 1.29 is 9.53 Å². The Morgan fingerprint density at radius 1 is 1.27 bits per heavy atom. The van der Waals surface area contributed by atoms with Gasteiger partial charge in [0.1, 0.15) is 11.5 Å². The van der Waals surface area contributed by atoms with Crippen molar-refractivity contribution in [3.8, 4) is 0 Å². The number of likely N-dealkylation sites (N-methyl/N-ethyl adjacent to an activating group) is 1. The molecule has 2 aliphatic rings. The maximum atomic E-state index is 12.3. The highest BCUT2D eigenvalue weighted by Gasteiger charge is 2.19. The molecule has 3 N–H and O–H groups in total. The molecule has 1 aromatic heterocycles. The lowest BCUT2D eigenvalue weighted by molar-refractivity contribution is -0.131. The number of benzene rings is 1. The Kier molecular flexibility index (Phi) is 6.74. The number of hydrogen-bond acceptors (Lipinski definition) is 6. The van der Waals surface area contributed by atoms with E-state index >= 15 is 0 Å². The van der Waals surface area contributed by atoms with Gasteiger partial charge >= 0.3 is 0 Å². The number of fused-ring (bicyclic) bond motifs is 2. The van der Waals surface area contributed by atoms with Gasteiger partial charge in [-0.15, -0.1) is 0 Å². The molecular weight excluding hydrogens is 416 g/mol. The number of hydrazone groups is 1. The number of hydrogen-bond donors (Lipinski definition) is 3. The number of ether oxygens (including phenoxy) is 1. The van der Waals surface area contributed by atoms with Crippen molar-refractivity contribution in [3.63, 3.8) is 0 Å². The van der Waals surface area contributed by atoms with Crippen molar-refractivity contribution >= 4 is 28.7 Å². The number of nitrogens with zero attached hydrogens (tertiary/aromatic N) is 3. The van der Waals surface area contributed by atoms with Crippen LogP contribution in [0.25, 0.3) is 17.1 Å². The average molecular weight is 447 g/mol. The molecule has 0 fully saturated rings. The molecule has 8 nitrogen and oxygen atoms in total. The zero-order valence-corrected chi connectivity index (χ0v) is 19.5. The Balaban J connectivity index is 1.74. The van der Waals surface area contributed by atoms with E-state index in [9.17, 15) is 4.79 Å². The summed E-state index contributed by atoms with van der Waals surface area (Å²) in [7, 11) is 5.15. The number of imidazole rings is 1. The van der Waals surface area contributed by atoms with E-state index in [2.05, 4.69) is 52.0 Å². The van der Waals surface area contributed by atoms with Crippen LogP contribution in [0.4, 0.5) is 0 Å². The predicted molar refractivity (Wildman–Crippen MR) is 131 cm³/mol. The van der Waals surface area contributed by atoms with Gasteiger partial charge in [0.25, 0.3) is 5.91 Å². The Bertz CT molecular complexity index is 1170. The van der Waals surface area contributed by atoms with E-state index in [1.54, 1.807) is 21.1 Å². The zero-order valence-electron chi connectivity index (χ0n) is 19.5. The van der Waals surface area contributed by atoms with Gasteiger partial charge in [-0.25, -0.2) is 4.98 Å². The largest absolute Gasteiger partial charge is 0.481 e. The predicted octanol–water partition coefficient (Wildman–Crippen LogP) is 3.02. The minimum atomic E-state index is -0.135. The van der Waals surface area contributed by atoms with Crippen LogP contribution in [0, 0.1) is 0 Å². The fraction of sp³-hybridized carbons (Fsp3) is 0.320. The fourth-order valence-electron chi connectivity index (χ4n) is 3.77. The molecule has 33 heavy (non-hydrogen) atoms. The second kappa shape index (κ2) is 9.87. The van der Waals surface area contributed by atoms with Gasteiger partial charge in [0.2, 0.25) is 0 Å². The van der Waals surface area contributed by atoms with Crippen LogP contribution in [0.3, 0.4) is 0 Å². The molecule has 2 aromatic rings. The first-order valence-corrected chi connectivity index (χ1v) is 11.0. The third-order valence-electron chi connectivity index (χ3n) is 5.60. The third kappa shape index (κ3) is 5.23. The molecule has 4 rings (SSSR count). The van der Waals surface area contributed by atoms with Gasteiger partial charge in [-0.1, -0.05) is 29.9 Å². The van der Waals surface area contributed by atoms with Gasteiger partial charge in [-0.05, 0) is 42.2 Å². The monoisotopic (exact) mass is 446 g/mol. The summed E-state index contributed by atoms with van der Waals surface area (Å²) in [5.41, 5.74) is 10.1. The van der Waals surface area contributed by atoms with E-state index < -0.39 is 0 Å². The van der Waals surface area contributed by atoms with E-state index in [1.165, 1.54) is 16.0 Å². The van der Waals surface area contributed by atoms with Crippen LogP contribution in [0.2, 0.25) is 0 Å².